The molecule has 0 aliphatic carbocycles. The number of benzene rings is 1. The van der Waals surface area contributed by atoms with Crippen molar-refractivity contribution in [3.8, 4) is 11.5 Å². The van der Waals surface area contributed by atoms with Crippen LogP contribution in [0.5, 0.6) is 11.5 Å². The van der Waals surface area contributed by atoms with Gasteiger partial charge >= 0.3 is 11.9 Å². The lowest BCUT2D eigenvalue weighted by atomic mass is 10.1. The van der Waals surface area contributed by atoms with Crippen LogP contribution in [0.4, 0.5) is 4.79 Å². The van der Waals surface area contributed by atoms with Gasteiger partial charge in [-0.2, -0.15) is 0 Å². The molecule has 9 nitrogen and oxygen atoms in total. The number of rotatable bonds is 9. The van der Waals surface area contributed by atoms with E-state index in [2.05, 4.69) is 4.74 Å². The van der Waals surface area contributed by atoms with Crippen molar-refractivity contribution in [3.05, 3.63) is 27.6 Å². The average Bonchev–Trinajstić information content (AvgIpc) is 2.94. The van der Waals surface area contributed by atoms with Crippen LogP contribution in [0.15, 0.2) is 17.0 Å². The topological polar surface area (TPSA) is 108 Å². The van der Waals surface area contributed by atoms with E-state index in [1.54, 1.807) is 26.8 Å². The Hall–Kier alpha value is -2.72. The molecule has 0 aromatic heterocycles. The summed E-state index contributed by atoms with van der Waals surface area (Å²) in [6, 6.07) is 3.06. The van der Waals surface area contributed by atoms with E-state index in [9.17, 15) is 19.2 Å². The Morgan fingerprint density at radius 2 is 1.90 bits per heavy atom. The standard InChI is InChI=1S/C20H22ClNO8S/c1-5-28-14-7-12(6-13(21)18(14)29-10-17(24)27-4)8-15-19(25)22(20(26)31-15)9-16(23)30-11(2)3/h6-8,11H,5,9-10H2,1-4H3/b15-8-. The average molecular weight is 472 g/mol. The summed E-state index contributed by atoms with van der Waals surface area (Å²) in [5, 5.41) is -0.438. The van der Waals surface area contributed by atoms with Crippen LogP contribution in [-0.2, 0) is 23.9 Å². The van der Waals surface area contributed by atoms with Crippen molar-refractivity contribution in [1.82, 2.24) is 4.90 Å². The number of ether oxygens (including phenoxy) is 4. The molecule has 0 N–H and O–H groups in total. The van der Waals surface area contributed by atoms with Gasteiger partial charge in [0.1, 0.15) is 6.54 Å². The van der Waals surface area contributed by atoms with E-state index in [-0.39, 0.29) is 34.1 Å². The highest BCUT2D eigenvalue weighted by Crippen LogP contribution is 2.39. The molecule has 1 fully saturated rings. The maximum absolute atomic E-state index is 12.6. The quantitative estimate of drug-likeness (QED) is 0.396. The van der Waals surface area contributed by atoms with Crippen LogP contribution in [0.2, 0.25) is 5.02 Å². The van der Waals surface area contributed by atoms with Crippen LogP contribution < -0.4 is 9.47 Å². The zero-order valence-corrected chi connectivity index (χ0v) is 19.0. The first kappa shape index (κ1) is 24.5. The number of hydrogen-bond acceptors (Lipinski definition) is 9. The second kappa shape index (κ2) is 11.1. The lowest BCUT2D eigenvalue weighted by molar-refractivity contribution is -0.149. The monoisotopic (exact) mass is 471 g/mol. The molecule has 1 aromatic rings. The van der Waals surface area contributed by atoms with Crippen LogP contribution in [0, 0.1) is 0 Å². The van der Waals surface area contributed by atoms with Crippen molar-refractivity contribution in [2.45, 2.75) is 26.9 Å². The van der Waals surface area contributed by atoms with E-state index in [1.807, 2.05) is 0 Å². The van der Waals surface area contributed by atoms with Crippen molar-refractivity contribution in [2.24, 2.45) is 0 Å². The Kier molecular flexibility index (Phi) is 8.76. The second-order valence-electron chi connectivity index (χ2n) is 6.43. The first-order valence-electron chi connectivity index (χ1n) is 9.27. The number of carbonyl (C=O) groups excluding carboxylic acids is 4. The van der Waals surface area contributed by atoms with Crippen LogP contribution in [0.1, 0.15) is 26.3 Å². The number of halogens is 1. The smallest absolute Gasteiger partial charge is 0.343 e. The number of esters is 2. The molecule has 1 heterocycles. The Labute approximate surface area is 188 Å². The predicted molar refractivity (Wildman–Crippen MR) is 114 cm³/mol. The van der Waals surface area contributed by atoms with Crippen LogP contribution >= 0.6 is 23.4 Å². The molecule has 2 rings (SSSR count). The number of imide groups is 1. The summed E-state index contributed by atoms with van der Waals surface area (Å²) in [5.74, 6) is -1.48. The Balaban J connectivity index is 2.26. The van der Waals surface area contributed by atoms with Gasteiger partial charge in [0.15, 0.2) is 18.1 Å². The summed E-state index contributed by atoms with van der Waals surface area (Å²) in [6.07, 6.45) is 1.10. The fourth-order valence-electron chi connectivity index (χ4n) is 2.48. The third kappa shape index (κ3) is 6.63. The number of thioether (sulfide) groups is 1. The van der Waals surface area contributed by atoms with Gasteiger partial charge in [0.2, 0.25) is 0 Å². The Bertz CT molecular complexity index is 915. The molecule has 0 bridgehead atoms. The van der Waals surface area contributed by atoms with Gasteiger partial charge in [-0.25, -0.2) is 4.79 Å². The zero-order chi connectivity index (χ0) is 23.1. The molecule has 11 heteroatoms. The summed E-state index contributed by atoms with van der Waals surface area (Å²) in [7, 11) is 1.23. The first-order chi connectivity index (χ1) is 14.7. The molecule has 1 saturated heterocycles. The second-order valence-corrected chi connectivity index (χ2v) is 7.83. The van der Waals surface area contributed by atoms with Crippen LogP contribution in [-0.4, -0.2) is 61.0 Å². The molecular formula is C20H22ClNO8S. The molecule has 0 unspecified atom stereocenters. The molecular weight excluding hydrogens is 450 g/mol. The minimum atomic E-state index is -0.674. The molecule has 2 amide bonds. The molecule has 0 saturated carbocycles. The van der Waals surface area contributed by atoms with Gasteiger partial charge in [0.05, 0.1) is 29.7 Å². The molecule has 1 aliphatic rings. The lowest BCUT2D eigenvalue weighted by Gasteiger charge is -2.14. The van der Waals surface area contributed by atoms with Gasteiger partial charge in [0.25, 0.3) is 11.1 Å². The third-order valence-electron chi connectivity index (χ3n) is 3.72. The van der Waals surface area contributed by atoms with Gasteiger partial charge in [0, 0.05) is 0 Å². The maximum atomic E-state index is 12.6. The third-order valence-corrected chi connectivity index (χ3v) is 4.91. The molecule has 0 radical (unpaired) electrons. The molecule has 0 atom stereocenters. The summed E-state index contributed by atoms with van der Waals surface area (Å²) in [6.45, 7) is 4.56. The maximum Gasteiger partial charge on any atom is 0.343 e. The van der Waals surface area contributed by atoms with Gasteiger partial charge in [-0.1, -0.05) is 11.6 Å². The summed E-state index contributed by atoms with van der Waals surface area (Å²) in [4.78, 5) is 48.9. The Morgan fingerprint density at radius 3 is 2.52 bits per heavy atom. The number of methoxy groups -OCH3 is 1. The normalized spacial score (nSPS) is 14.9. The zero-order valence-electron chi connectivity index (χ0n) is 17.4. The highest BCUT2D eigenvalue weighted by molar-refractivity contribution is 8.18. The van der Waals surface area contributed by atoms with E-state index < -0.39 is 29.6 Å². The van der Waals surface area contributed by atoms with Gasteiger partial charge in [-0.3, -0.25) is 19.3 Å². The van der Waals surface area contributed by atoms with Crippen molar-refractivity contribution >= 4 is 52.5 Å². The first-order valence-corrected chi connectivity index (χ1v) is 10.5. The summed E-state index contributed by atoms with van der Waals surface area (Å²) >= 11 is 6.98. The Morgan fingerprint density at radius 1 is 1.19 bits per heavy atom. The van der Waals surface area contributed by atoms with Crippen molar-refractivity contribution in [1.29, 1.82) is 0 Å². The minimum Gasteiger partial charge on any atom is -0.490 e. The van der Waals surface area contributed by atoms with Gasteiger partial charge in [-0.15, -0.1) is 0 Å². The number of hydrogen-bond donors (Lipinski definition) is 0. The highest BCUT2D eigenvalue weighted by atomic mass is 35.5. The largest absolute Gasteiger partial charge is 0.490 e. The van der Waals surface area contributed by atoms with Crippen molar-refractivity contribution in [3.63, 3.8) is 0 Å². The van der Waals surface area contributed by atoms with E-state index in [0.29, 0.717) is 23.9 Å². The molecule has 168 valence electrons. The predicted octanol–water partition coefficient (Wildman–Crippen LogP) is 3.28. The summed E-state index contributed by atoms with van der Waals surface area (Å²) in [5.41, 5.74) is 0.467. The number of carbonyl (C=O) groups is 4. The highest BCUT2D eigenvalue weighted by Gasteiger charge is 2.36. The molecule has 31 heavy (non-hydrogen) atoms. The van der Waals surface area contributed by atoms with E-state index in [4.69, 9.17) is 25.8 Å². The van der Waals surface area contributed by atoms with Crippen LogP contribution in [0.3, 0.4) is 0 Å². The SMILES string of the molecule is CCOc1cc(/C=C2\SC(=O)N(CC(=O)OC(C)C)C2=O)cc(Cl)c1OCC(=O)OC. The molecule has 1 aromatic carbocycles. The van der Waals surface area contributed by atoms with E-state index >= 15 is 0 Å². The van der Waals surface area contributed by atoms with Gasteiger partial charge in [-0.05, 0) is 56.3 Å². The van der Waals surface area contributed by atoms with E-state index in [1.165, 1.54) is 19.3 Å². The fraction of sp³-hybridized carbons (Fsp3) is 0.400. The number of amides is 2. The molecule has 1 aliphatic heterocycles. The van der Waals surface area contributed by atoms with E-state index in [0.717, 1.165) is 4.90 Å². The minimum absolute atomic E-state index is 0.115. The lowest BCUT2D eigenvalue weighted by Crippen LogP contribution is -2.35. The molecule has 0 spiro atoms. The van der Waals surface area contributed by atoms with Crippen molar-refractivity contribution < 1.29 is 38.1 Å². The fourth-order valence-corrected chi connectivity index (χ4v) is 3.59. The number of nitrogens with zero attached hydrogens (tertiary/aromatic N) is 1. The van der Waals surface area contributed by atoms with Crippen LogP contribution in [0.25, 0.3) is 6.08 Å². The van der Waals surface area contributed by atoms with Crippen molar-refractivity contribution in [2.75, 3.05) is 26.9 Å². The van der Waals surface area contributed by atoms with Gasteiger partial charge < -0.3 is 18.9 Å². The summed E-state index contributed by atoms with van der Waals surface area (Å²) < 4.78 is 20.4.